The van der Waals surface area contributed by atoms with Crippen LogP contribution in [0, 0.1) is 0 Å². The van der Waals surface area contributed by atoms with E-state index in [4.69, 9.17) is 14.0 Å². The van der Waals surface area contributed by atoms with Crippen molar-refractivity contribution in [1.29, 1.82) is 0 Å². The summed E-state index contributed by atoms with van der Waals surface area (Å²) in [6.45, 7) is 1.43. The summed E-state index contributed by atoms with van der Waals surface area (Å²) >= 11 is 1.38. The zero-order valence-electron chi connectivity index (χ0n) is 14.6. The Morgan fingerprint density at radius 3 is 2.55 bits per heavy atom. The minimum atomic E-state index is -4.80. The molecule has 12 heteroatoms. The number of piperazine rings is 1. The highest BCUT2D eigenvalue weighted by Crippen LogP contribution is 2.40. The maximum atomic E-state index is 12.8. The second kappa shape index (κ2) is 7.47. The van der Waals surface area contributed by atoms with Gasteiger partial charge >= 0.3 is 12.5 Å². The first kappa shape index (κ1) is 19.4. The molecule has 1 aromatic carbocycles. The van der Waals surface area contributed by atoms with E-state index < -0.39 is 6.36 Å². The predicted octanol–water partition coefficient (Wildman–Crippen LogP) is 2.82. The molecule has 0 radical (unpaired) electrons. The Bertz CT molecular complexity index is 1030. The van der Waals surface area contributed by atoms with Crippen molar-refractivity contribution in [3.05, 3.63) is 23.7 Å². The van der Waals surface area contributed by atoms with E-state index in [1.54, 1.807) is 11.6 Å². The fourth-order valence-electron chi connectivity index (χ4n) is 3.51. The van der Waals surface area contributed by atoms with Gasteiger partial charge in [-0.3, -0.25) is 0 Å². The third-order valence-corrected chi connectivity index (χ3v) is 5.38. The molecule has 3 aliphatic heterocycles. The van der Waals surface area contributed by atoms with Gasteiger partial charge in [-0.15, -0.1) is 24.5 Å². The van der Waals surface area contributed by atoms with Crippen LogP contribution in [0.15, 0.2) is 28.1 Å². The number of aromatic nitrogens is 2. The molecule has 0 saturated carbocycles. The molecule has 6 rings (SSSR count). The molecule has 3 aromatic rings. The molecular formula is C17H13F3N4O4S. The number of hydrogen-bond donors (Lipinski definition) is 1. The predicted molar refractivity (Wildman–Crippen MR) is 94.3 cm³/mol. The summed E-state index contributed by atoms with van der Waals surface area (Å²) in [5, 5.41) is 5.84. The summed E-state index contributed by atoms with van der Waals surface area (Å²) in [6.07, 6.45) is -1.82. The molecule has 0 amide bonds. The van der Waals surface area contributed by atoms with Gasteiger partial charge in [-0.2, -0.15) is 14.6 Å². The summed E-state index contributed by atoms with van der Waals surface area (Å²) in [4.78, 5) is 26.8. The molecule has 2 unspecified atom stereocenters. The summed E-state index contributed by atoms with van der Waals surface area (Å²) < 4.78 is 48.3. The van der Waals surface area contributed by atoms with Gasteiger partial charge in [0.15, 0.2) is 16.8 Å². The van der Waals surface area contributed by atoms with E-state index in [9.17, 15) is 13.2 Å². The number of rotatable bonds is 3. The number of carbonyl (C=O) groups excluding carboxylic acids is 2. The standard InChI is InChI=1S/C16H13F3N4O2S.CO2/c17-16(18,19)25-11-2-1-10(14-20-3-4-26-14)13-12(11)22-15(24-13)23-6-8-5-9(7-23)21-8;2-1-3/h1-4,8-9,21H,5-7H2;. The van der Waals surface area contributed by atoms with Crippen LogP contribution in [0.5, 0.6) is 5.75 Å². The molecule has 0 spiro atoms. The Morgan fingerprint density at radius 1 is 1.28 bits per heavy atom. The Labute approximate surface area is 165 Å². The number of benzene rings is 1. The molecule has 3 aliphatic rings. The summed E-state index contributed by atoms with van der Waals surface area (Å²) in [5.41, 5.74) is 0.907. The topological polar surface area (TPSA) is 97.6 Å². The number of hydrogen-bond acceptors (Lipinski definition) is 9. The normalized spacial score (nSPS) is 20.4. The second-order valence-corrected chi connectivity index (χ2v) is 7.35. The lowest BCUT2D eigenvalue weighted by atomic mass is 9.92. The first-order chi connectivity index (χ1) is 13.9. The summed E-state index contributed by atoms with van der Waals surface area (Å²) in [5.74, 6) is -0.372. The Kier molecular flexibility index (Phi) is 4.99. The van der Waals surface area contributed by atoms with Gasteiger partial charge in [0, 0.05) is 36.8 Å². The van der Waals surface area contributed by atoms with Gasteiger partial charge < -0.3 is 19.4 Å². The fourth-order valence-corrected chi connectivity index (χ4v) is 4.17. The minimum absolute atomic E-state index is 0.0530. The van der Waals surface area contributed by atoms with Gasteiger partial charge in [0.1, 0.15) is 5.01 Å². The van der Waals surface area contributed by atoms with Crippen LogP contribution in [0.1, 0.15) is 6.42 Å². The van der Waals surface area contributed by atoms with Crippen molar-refractivity contribution in [1.82, 2.24) is 15.3 Å². The van der Waals surface area contributed by atoms with Crippen molar-refractivity contribution < 1.29 is 31.9 Å². The van der Waals surface area contributed by atoms with Crippen LogP contribution in [-0.2, 0) is 9.59 Å². The molecule has 3 saturated heterocycles. The van der Waals surface area contributed by atoms with Crippen LogP contribution < -0.4 is 15.0 Å². The number of nitrogens with zero attached hydrogens (tertiary/aromatic N) is 3. The van der Waals surface area contributed by atoms with Gasteiger partial charge in [0.05, 0.1) is 5.56 Å². The van der Waals surface area contributed by atoms with Crippen molar-refractivity contribution in [2.75, 3.05) is 18.0 Å². The Balaban J connectivity index is 0.000000645. The first-order valence-electron chi connectivity index (χ1n) is 8.47. The van der Waals surface area contributed by atoms with E-state index in [0.29, 0.717) is 41.8 Å². The number of oxazole rings is 1. The number of fused-ring (bicyclic) bond motifs is 3. The monoisotopic (exact) mass is 426 g/mol. The summed E-state index contributed by atoms with van der Waals surface area (Å²) in [7, 11) is 0. The van der Waals surface area contributed by atoms with Crippen LogP contribution in [0.4, 0.5) is 19.2 Å². The number of alkyl halides is 3. The van der Waals surface area contributed by atoms with Crippen molar-refractivity contribution in [3.63, 3.8) is 0 Å². The number of ether oxygens (including phenoxy) is 1. The number of nitrogens with one attached hydrogen (secondary N) is 1. The molecule has 8 nitrogen and oxygen atoms in total. The maximum Gasteiger partial charge on any atom is 0.573 e. The molecule has 3 fully saturated rings. The molecule has 5 heterocycles. The highest BCUT2D eigenvalue weighted by molar-refractivity contribution is 7.13. The zero-order chi connectivity index (χ0) is 20.6. The van der Waals surface area contributed by atoms with Gasteiger partial charge in [-0.1, -0.05) is 0 Å². The molecule has 2 bridgehead atoms. The first-order valence-corrected chi connectivity index (χ1v) is 9.35. The van der Waals surface area contributed by atoms with Gasteiger partial charge in [-0.05, 0) is 18.6 Å². The van der Waals surface area contributed by atoms with Gasteiger partial charge in [-0.25, -0.2) is 4.98 Å². The SMILES string of the molecule is FC(F)(F)Oc1ccc(-c2nccs2)c2oc(N3CC4CC(C3)N4)nc12.O=C=O. The quantitative estimate of drug-likeness (QED) is 0.683. The molecule has 2 atom stereocenters. The molecule has 1 N–H and O–H groups in total. The molecule has 29 heavy (non-hydrogen) atoms. The number of halogens is 3. The molecule has 0 aliphatic carbocycles. The molecule has 152 valence electrons. The number of piperidine rings is 1. The number of thiazole rings is 1. The lowest BCUT2D eigenvalue weighted by molar-refractivity contribution is -0.274. The Morgan fingerprint density at radius 2 is 1.97 bits per heavy atom. The average Bonchev–Trinajstić information content (AvgIpc) is 3.31. The van der Waals surface area contributed by atoms with Crippen LogP contribution in [0.3, 0.4) is 0 Å². The van der Waals surface area contributed by atoms with E-state index in [1.165, 1.54) is 23.5 Å². The largest absolute Gasteiger partial charge is 0.573 e. The fraction of sp³-hybridized carbons (Fsp3) is 0.353. The van der Waals surface area contributed by atoms with Gasteiger partial charge in [0.2, 0.25) is 0 Å². The third-order valence-electron chi connectivity index (χ3n) is 4.58. The smallest absolute Gasteiger partial charge is 0.422 e. The van der Waals surface area contributed by atoms with Crippen molar-refractivity contribution >= 4 is 34.6 Å². The van der Waals surface area contributed by atoms with E-state index in [-0.39, 0.29) is 23.0 Å². The van der Waals surface area contributed by atoms with Crippen molar-refractivity contribution in [3.8, 4) is 16.3 Å². The van der Waals surface area contributed by atoms with Crippen LogP contribution in [0.25, 0.3) is 21.7 Å². The lowest BCUT2D eigenvalue weighted by Gasteiger charge is -2.47. The highest BCUT2D eigenvalue weighted by atomic mass is 32.1. The number of anilines is 1. The zero-order valence-corrected chi connectivity index (χ0v) is 15.4. The van der Waals surface area contributed by atoms with Crippen molar-refractivity contribution in [2.24, 2.45) is 0 Å². The maximum absolute atomic E-state index is 12.8. The van der Waals surface area contributed by atoms with E-state index in [1.807, 2.05) is 4.90 Å². The molecule has 2 aromatic heterocycles. The highest BCUT2D eigenvalue weighted by Gasteiger charge is 2.39. The van der Waals surface area contributed by atoms with Gasteiger partial charge in [0.25, 0.3) is 6.01 Å². The van der Waals surface area contributed by atoms with E-state index >= 15 is 0 Å². The average molecular weight is 426 g/mol. The summed E-state index contributed by atoms with van der Waals surface area (Å²) in [6, 6.07) is 3.83. The Hall–Kier alpha value is -2.95. The van der Waals surface area contributed by atoms with Crippen LogP contribution in [-0.4, -0.2) is 47.7 Å². The van der Waals surface area contributed by atoms with E-state index in [0.717, 1.165) is 6.42 Å². The molecular weight excluding hydrogens is 413 g/mol. The second-order valence-electron chi connectivity index (χ2n) is 6.46. The minimum Gasteiger partial charge on any atom is -0.422 e. The lowest BCUT2D eigenvalue weighted by Crippen LogP contribution is -2.67. The van der Waals surface area contributed by atoms with Crippen LogP contribution in [0.2, 0.25) is 0 Å². The third kappa shape index (κ3) is 3.95. The van der Waals surface area contributed by atoms with Crippen molar-refractivity contribution in [2.45, 2.75) is 24.9 Å². The van der Waals surface area contributed by atoms with Crippen LogP contribution >= 0.6 is 11.3 Å². The van der Waals surface area contributed by atoms with E-state index in [2.05, 4.69) is 20.0 Å².